The van der Waals surface area contributed by atoms with Gasteiger partial charge in [0.15, 0.2) is 5.79 Å². The summed E-state index contributed by atoms with van der Waals surface area (Å²) in [5.41, 5.74) is 5.73. The first-order valence-electron chi connectivity index (χ1n) is 7.17. The van der Waals surface area contributed by atoms with Crippen molar-refractivity contribution >= 4 is 0 Å². The van der Waals surface area contributed by atoms with Crippen molar-refractivity contribution < 1.29 is 26.5 Å². The van der Waals surface area contributed by atoms with E-state index in [0.717, 1.165) is 0 Å². The molecule has 1 aliphatic heterocycles. The van der Waals surface area contributed by atoms with E-state index in [1.165, 1.54) is 0 Å². The molecule has 7 heteroatoms. The number of rotatable bonds is 6. The maximum Gasteiger partial charge on any atom is 0.185 e. The number of aliphatic hydroxyl groups excluding tert-OH is 3. The Kier molecular flexibility index (Phi) is 5.52. The maximum absolute atomic E-state index is 10.5. The summed E-state index contributed by atoms with van der Waals surface area (Å²) in [5.74, 6) is -1.96. The molecule has 1 heterocycles. The summed E-state index contributed by atoms with van der Waals surface area (Å²) in [4.78, 5) is 1.79. The van der Waals surface area contributed by atoms with Crippen LogP contribution in [0.2, 0.25) is 0 Å². The van der Waals surface area contributed by atoms with Gasteiger partial charge in [0.1, 0.15) is 18.3 Å². The second-order valence-corrected chi connectivity index (χ2v) is 4.80. The van der Waals surface area contributed by atoms with Gasteiger partial charge < -0.3 is 35.8 Å². The third-order valence-corrected chi connectivity index (χ3v) is 3.61. The summed E-state index contributed by atoms with van der Waals surface area (Å²) in [7, 11) is 0. The van der Waals surface area contributed by atoms with Crippen LogP contribution in [0.3, 0.4) is 0 Å². The molecule has 0 radical (unpaired) electrons. The van der Waals surface area contributed by atoms with E-state index in [1.807, 2.05) is 13.8 Å². The Hall–Kier alpha value is -0.280. The number of hydrogen-bond donors (Lipinski definition) is 5. The molecular formula is C12H26N2O5. The minimum Gasteiger partial charge on any atom is -0.394 e. The molecule has 0 aromatic rings. The number of nitrogens with zero attached hydrogens (tertiary/aromatic N) is 1. The standard InChI is InChI=1S/C12H26N2O5/c1-3-14(4-2)6-5-12(18)11(13)10(17)9(16)8(7-15)19-12/h8-11,15-18H,3-7,13H2,1-2H3/t8-,9-,10+,11-,12?/m1/s1/i6D/t6?,8-,9-,10+,11-,12?. The lowest BCUT2D eigenvalue weighted by molar-refractivity contribution is -0.317. The third kappa shape index (κ3) is 3.63. The van der Waals surface area contributed by atoms with Gasteiger partial charge in [-0.2, -0.15) is 0 Å². The minimum absolute atomic E-state index is 0.143. The molecule has 1 saturated heterocycles. The van der Waals surface area contributed by atoms with Crippen LogP contribution in [0.5, 0.6) is 0 Å². The zero-order valence-corrected chi connectivity index (χ0v) is 11.4. The number of ether oxygens (including phenoxy) is 1. The second-order valence-electron chi connectivity index (χ2n) is 4.80. The van der Waals surface area contributed by atoms with Crippen molar-refractivity contribution in [3.8, 4) is 0 Å². The van der Waals surface area contributed by atoms with Crippen molar-refractivity contribution in [2.75, 3.05) is 26.2 Å². The quantitative estimate of drug-likeness (QED) is 0.376. The lowest BCUT2D eigenvalue weighted by Crippen LogP contribution is -2.68. The van der Waals surface area contributed by atoms with Gasteiger partial charge in [-0.25, -0.2) is 0 Å². The van der Waals surface area contributed by atoms with E-state index in [9.17, 15) is 15.3 Å². The molecule has 0 aliphatic carbocycles. The van der Waals surface area contributed by atoms with Crippen molar-refractivity contribution in [1.82, 2.24) is 4.90 Å². The molecule has 0 aromatic heterocycles. The Labute approximate surface area is 115 Å². The number of aliphatic hydroxyl groups is 4. The largest absolute Gasteiger partial charge is 0.394 e. The van der Waals surface area contributed by atoms with Crippen LogP contribution < -0.4 is 5.73 Å². The van der Waals surface area contributed by atoms with E-state index in [4.69, 9.17) is 16.9 Å². The van der Waals surface area contributed by atoms with Gasteiger partial charge in [0.05, 0.1) is 12.6 Å². The van der Waals surface area contributed by atoms with E-state index in [0.29, 0.717) is 13.1 Å². The average molecular weight is 279 g/mol. The average Bonchev–Trinajstić information content (AvgIpc) is 2.42. The molecule has 114 valence electrons. The SMILES string of the molecule is [2H]C(CC1(O)O[C@H](CO)[C@@H](O)[C@H](O)[C@H]1N)N(CC)CC. The molecule has 0 spiro atoms. The molecule has 0 aromatic carbocycles. The highest BCUT2D eigenvalue weighted by Crippen LogP contribution is 2.29. The summed E-state index contributed by atoms with van der Waals surface area (Å²) >= 11 is 0. The molecule has 1 rings (SSSR count). The van der Waals surface area contributed by atoms with Crippen molar-refractivity contribution in [3.63, 3.8) is 0 Å². The van der Waals surface area contributed by atoms with Crippen LogP contribution in [0.4, 0.5) is 0 Å². The summed E-state index contributed by atoms with van der Waals surface area (Å²) in [6.45, 7) is 3.73. The van der Waals surface area contributed by atoms with Crippen molar-refractivity contribution in [3.05, 3.63) is 0 Å². The van der Waals surface area contributed by atoms with Crippen LogP contribution in [0.15, 0.2) is 0 Å². The van der Waals surface area contributed by atoms with Crippen molar-refractivity contribution in [2.24, 2.45) is 5.73 Å². The van der Waals surface area contributed by atoms with Crippen LogP contribution in [0.1, 0.15) is 21.6 Å². The number of hydrogen-bond acceptors (Lipinski definition) is 7. The molecule has 0 bridgehead atoms. The highest BCUT2D eigenvalue weighted by Gasteiger charge is 2.51. The maximum atomic E-state index is 10.5. The lowest BCUT2D eigenvalue weighted by atomic mass is 9.89. The molecule has 1 aliphatic rings. The van der Waals surface area contributed by atoms with Crippen LogP contribution in [0, 0.1) is 0 Å². The van der Waals surface area contributed by atoms with Gasteiger partial charge in [-0.3, -0.25) is 0 Å². The Bertz CT molecular complexity index is 306. The molecule has 6 atom stereocenters. The zero-order valence-electron chi connectivity index (χ0n) is 12.4. The predicted molar refractivity (Wildman–Crippen MR) is 69.3 cm³/mol. The molecule has 19 heavy (non-hydrogen) atoms. The van der Waals surface area contributed by atoms with Crippen LogP contribution in [-0.2, 0) is 4.74 Å². The van der Waals surface area contributed by atoms with Gasteiger partial charge in [-0.15, -0.1) is 0 Å². The van der Waals surface area contributed by atoms with Gasteiger partial charge in [-0.05, 0) is 13.1 Å². The Balaban J connectivity index is 2.84. The summed E-state index contributed by atoms with van der Waals surface area (Å²) in [6, 6.07) is -1.25. The molecule has 0 saturated carbocycles. The van der Waals surface area contributed by atoms with Crippen LogP contribution >= 0.6 is 0 Å². The lowest BCUT2D eigenvalue weighted by Gasteiger charge is -2.46. The molecule has 0 amide bonds. The van der Waals surface area contributed by atoms with Gasteiger partial charge in [0, 0.05) is 14.3 Å². The number of nitrogens with two attached hydrogens (primary N) is 1. The molecule has 1 fully saturated rings. The Morgan fingerprint density at radius 2 is 1.89 bits per heavy atom. The van der Waals surface area contributed by atoms with Gasteiger partial charge in [0.2, 0.25) is 0 Å². The van der Waals surface area contributed by atoms with Gasteiger partial charge in [0.25, 0.3) is 0 Å². The first-order chi connectivity index (χ1) is 9.30. The predicted octanol–water partition coefficient (Wildman–Crippen LogP) is -2.15. The van der Waals surface area contributed by atoms with Gasteiger partial charge >= 0.3 is 0 Å². The summed E-state index contributed by atoms with van der Waals surface area (Å²) in [6.07, 6.45) is -4.06. The van der Waals surface area contributed by atoms with E-state index in [1.54, 1.807) is 4.90 Å². The van der Waals surface area contributed by atoms with E-state index in [2.05, 4.69) is 0 Å². The van der Waals surface area contributed by atoms with E-state index >= 15 is 0 Å². The third-order valence-electron chi connectivity index (χ3n) is 3.61. The molecule has 7 nitrogen and oxygen atoms in total. The second kappa shape index (κ2) is 6.94. The summed E-state index contributed by atoms with van der Waals surface area (Å²) < 4.78 is 13.3. The Morgan fingerprint density at radius 3 is 2.37 bits per heavy atom. The van der Waals surface area contributed by atoms with Crippen molar-refractivity contribution in [1.29, 1.82) is 0 Å². The monoisotopic (exact) mass is 279 g/mol. The summed E-state index contributed by atoms with van der Waals surface area (Å²) in [5, 5.41) is 39.1. The van der Waals surface area contributed by atoms with Gasteiger partial charge in [-0.1, -0.05) is 13.8 Å². The van der Waals surface area contributed by atoms with E-state index < -0.39 is 43.3 Å². The molecular weight excluding hydrogens is 252 g/mol. The Morgan fingerprint density at radius 1 is 1.32 bits per heavy atom. The highest BCUT2D eigenvalue weighted by molar-refractivity contribution is 4.98. The smallest absolute Gasteiger partial charge is 0.185 e. The van der Waals surface area contributed by atoms with Crippen LogP contribution in [-0.4, -0.2) is 81.7 Å². The topological polar surface area (TPSA) is 119 Å². The fourth-order valence-electron chi connectivity index (χ4n) is 2.18. The van der Waals surface area contributed by atoms with Crippen molar-refractivity contribution in [2.45, 2.75) is 50.4 Å². The fourth-order valence-corrected chi connectivity index (χ4v) is 2.18. The van der Waals surface area contributed by atoms with E-state index in [-0.39, 0.29) is 6.42 Å². The fraction of sp³-hybridized carbons (Fsp3) is 1.00. The first-order valence-corrected chi connectivity index (χ1v) is 6.59. The normalized spacial score (nSPS) is 42.2. The highest BCUT2D eigenvalue weighted by atomic mass is 16.6. The minimum atomic E-state index is -1.96. The first kappa shape index (κ1) is 15.1. The molecule has 2 unspecified atom stereocenters. The molecule has 6 N–H and O–H groups in total. The zero-order chi connectivity index (χ0) is 15.5. The van der Waals surface area contributed by atoms with Crippen LogP contribution in [0.25, 0.3) is 0 Å².